The second kappa shape index (κ2) is 4.40. The fraction of sp³-hybridized carbons (Fsp3) is 0.333. The van der Waals surface area contributed by atoms with Crippen LogP contribution in [0.25, 0.3) is 0 Å². The number of hydrogen-bond donors (Lipinski definition) is 0. The molecule has 0 aliphatic carbocycles. The number of aromatic nitrogens is 3. The molecule has 2 heterocycles. The van der Waals surface area contributed by atoms with Gasteiger partial charge < -0.3 is 0 Å². The van der Waals surface area contributed by atoms with Crippen LogP contribution in [-0.2, 0) is 15.6 Å². The zero-order valence-corrected chi connectivity index (χ0v) is 11.6. The monoisotopic (exact) mass is 291 g/mol. The van der Waals surface area contributed by atoms with E-state index in [1.165, 1.54) is 17.1 Å². The molecule has 0 aliphatic heterocycles. The van der Waals surface area contributed by atoms with E-state index in [2.05, 4.69) is 10.1 Å². The third kappa shape index (κ3) is 2.85. The molecule has 0 aromatic carbocycles. The van der Waals surface area contributed by atoms with Crippen molar-refractivity contribution in [1.29, 1.82) is 0 Å². The van der Waals surface area contributed by atoms with Gasteiger partial charge in [0.25, 0.3) is 9.05 Å². The predicted molar refractivity (Wildman–Crippen MR) is 66.0 cm³/mol. The lowest BCUT2D eigenvalue weighted by atomic mass is 10.4. The maximum absolute atomic E-state index is 11.1. The average Bonchev–Trinajstić information content (AvgIpc) is 2.75. The number of aryl methyl sites for hydroxylation is 2. The van der Waals surface area contributed by atoms with E-state index in [-0.39, 0.29) is 4.90 Å². The summed E-state index contributed by atoms with van der Waals surface area (Å²) in [6.45, 7) is 4.38. The van der Waals surface area contributed by atoms with Crippen molar-refractivity contribution in [2.45, 2.75) is 25.3 Å². The summed E-state index contributed by atoms with van der Waals surface area (Å²) in [7, 11) is 1.50. The molecule has 0 atom stereocenters. The van der Waals surface area contributed by atoms with Crippen molar-refractivity contribution in [3.05, 3.63) is 28.0 Å². The Morgan fingerprint density at radius 1 is 1.47 bits per heavy atom. The van der Waals surface area contributed by atoms with E-state index in [9.17, 15) is 8.42 Å². The first kappa shape index (κ1) is 12.5. The fourth-order valence-electron chi connectivity index (χ4n) is 1.30. The Balaban J connectivity index is 2.23. The molecule has 17 heavy (non-hydrogen) atoms. The van der Waals surface area contributed by atoms with Gasteiger partial charge in [0, 0.05) is 21.8 Å². The molecule has 0 aliphatic rings. The van der Waals surface area contributed by atoms with Crippen LogP contribution in [0.3, 0.4) is 0 Å². The number of thiazole rings is 1. The Hall–Kier alpha value is -0.920. The molecule has 2 rings (SSSR count). The van der Waals surface area contributed by atoms with Gasteiger partial charge in [-0.2, -0.15) is 5.10 Å². The van der Waals surface area contributed by atoms with E-state index in [1.54, 1.807) is 11.3 Å². The summed E-state index contributed by atoms with van der Waals surface area (Å²) in [5.41, 5.74) is 0.988. The van der Waals surface area contributed by atoms with Crippen molar-refractivity contribution >= 4 is 31.1 Å². The van der Waals surface area contributed by atoms with Gasteiger partial charge in [0.05, 0.1) is 18.4 Å². The van der Waals surface area contributed by atoms with Gasteiger partial charge in [0.2, 0.25) is 0 Å². The van der Waals surface area contributed by atoms with Crippen molar-refractivity contribution in [3.63, 3.8) is 0 Å². The summed E-state index contributed by atoms with van der Waals surface area (Å²) in [4.78, 5) is 5.51. The number of nitrogens with zero attached hydrogens (tertiary/aromatic N) is 3. The summed E-state index contributed by atoms with van der Waals surface area (Å²) >= 11 is 1.57. The highest BCUT2D eigenvalue weighted by molar-refractivity contribution is 8.13. The molecule has 0 radical (unpaired) electrons. The van der Waals surface area contributed by atoms with Crippen molar-refractivity contribution in [2.75, 3.05) is 0 Å². The van der Waals surface area contributed by atoms with Gasteiger partial charge in [0.15, 0.2) is 0 Å². The van der Waals surface area contributed by atoms with Gasteiger partial charge in [0.1, 0.15) is 9.90 Å². The zero-order valence-electron chi connectivity index (χ0n) is 9.21. The van der Waals surface area contributed by atoms with Crippen LogP contribution in [0, 0.1) is 13.8 Å². The smallest absolute Gasteiger partial charge is 0.264 e. The summed E-state index contributed by atoms with van der Waals surface area (Å²) in [5.74, 6) is 0. The highest BCUT2D eigenvalue weighted by Crippen LogP contribution is 2.18. The van der Waals surface area contributed by atoms with Crippen LogP contribution in [0.1, 0.15) is 15.6 Å². The molecule has 0 unspecified atom stereocenters. The molecule has 0 saturated heterocycles. The minimum absolute atomic E-state index is 0.00386. The number of hydrogen-bond acceptors (Lipinski definition) is 5. The highest BCUT2D eigenvalue weighted by Gasteiger charge is 2.13. The molecule has 0 bridgehead atoms. The largest absolute Gasteiger partial charge is 0.264 e. The molecule has 92 valence electrons. The first-order chi connectivity index (χ1) is 7.86. The summed E-state index contributed by atoms with van der Waals surface area (Å²) in [5, 5.41) is 4.83. The first-order valence-corrected chi connectivity index (χ1v) is 7.89. The molecule has 5 nitrogen and oxygen atoms in total. The maximum Gasteiger partial charge on any atom is 0.264 e. The minimum atomic E-state index is -3.71. The van der Waals surface area contributed by atoms with Gasteiger partial charge in [-0.15, -0.1) is 11.3 Å². The second-order valence-electron chi connectivity index (χ2n) is 3.56. The maximum atomic E-state index is 11.1. The van der Waals surface area contributed by atoms with Crippen LogP contribution in [-0.4, -0.2) is 23.2 Å². The van der Waals surface area contributed by atoms with Crippen molar-refractivity contribution in [1.82, 2.24) is 14.8 Å². The lowest BCUT2D eigenvalue weighted by molar-refractivity contribution is 0.609. The van der Waals surface area contributed by atoms with E-state index < -0.39 is 9.05 Å². The molecule has 0 N–H and O–H groups in total. The van der Waals surface area contributed by atoms with Gasteiger partial charge in [-0.05, 0) is 13.8 Å². The molecule has 8 heteroatoms. The van der Waals surface area contributed by atoms with E-state index >= 15 is 0 Å². The first-order valence-electron chi connectivity index (χ1n) is 4.76. The van der Waals surface area contributed by atoms with Crippen molar-refractivity contribution in [3.8, 4) is 0 Å². The van der Waals surface area contributed by atoms with Crippen LogP contribution in [0.4, 0.5) is 0 Å². The van der Waals surface area contributed by atoms with Gasteiger partial charge in [-0.1, -0.05) is 0 Å². The van der Waals surface area contributed by atoms with Crippen LogP contribution in [0.2, 0.25) is 0 Å². The molecule has 0 saturated carbocycles. The molecular formula is C9H10ClN3O2S2. The lowest BCUT2D eigenvalue weighted by Crippen LogP contribution is -1.99. The van der Waals surface area contributed by atoms with Crippen LogP contribution >= 0.6 is 22.0 Å². The predicted octanol–water partition coefficient (Wildman–Crippen LogP) is 1.93. The number of halogens is 1. The number of rotatable bonds is 3. The van der Waals surface area contributed by atoms with E-state index in [0.29, 0.717) is 6.54 Å². The Morgan fingerprint density at radius 3 is 2.65 bits per heavy atom. The summed E-state index contributed by atoms with van der Waals surface area (Å²) < 4.78 is 23.6. The molecule has 2 aromatic heterocycles. The minimum Gasteiger partial charge on any atom is -0.264 e. The van der Waals surface area contributed by atoms with Crippen LogP contribution in [0.15, 0.2) is 17.3 Å². The SMILES string of the molecule is Cc1nc(Cn2cc(S(=O)(=O)Cl)cn2)sc1C. The third-order valence-electron chi connectivity index (χ3n) is 2.26. The Bertz CT molecular complexity index is 626. The van der Waals surface area contributed by atoms with E-state index in [4.69, 9.17) is 10.7 Å². The molecule has 0 fully saturated rings. The standard InChI is InChI=1S/C9H10ClN3O2S2/c1-6-7(2)16-9(12-6)5-13-4-8(3-11-13)17(10,14)15/h3-4H,5H2,1-2H3. The Morgan fingerprint density at radius 2 is 2.18 bits per heavy atom. The quantitative estimate of drug-likeness (QED) is 0.811. The topological polar surface area (TPSA) is 64.8 Å². The van der Waals surface area contributed by atoms with E-state index in [1.807, 2.05) is 13.8 Å². The van der Waals surface area contributed by atoms with Gasteiger partial charge >= 0.3 is 0 Å². The fourth-order valence-corrected chi connectivity index (χ4v) is 2.89. The second-order valence-corrected chi connectivity index (χ2v) is 7.41. The molecule has 2 aromatic rings. The molecule has 0 spiro atoms. The van der Waals surface area contributed by atoms with E-state index in [0.717, 1.165) is 15.6 Å². The molecular weight excluding hydrogens is 282 g/mol. The normalized spacial score (nSPS) is 11.9. The van der Waals surface area contributed by atoms with Crippen molar-refractivity contribution in [2.24, 2.45) is 0 Å². The average molecular weight is 292 g/mol. The van der Waals surface area contributed by atoms with Gasteiger partial charge in [-0.25, -0.2) is 13.4 Å². The third-order valence-corrected chi connectivity index (χ3v) is 4.63. The Labute approximate surface area is 107 Å². The zero-order chi connectivity index (χ0) is 12.6. The van der Waals surface area contributed by atoms with Crippen molar-refractivity contribution < 1.29 is 8.42 Å². The Kier molecular flexibility index (Phi) is 3.24. The van der Waals surface area contributed by atoms with Gasteiger partial charge in [-0.3, -0.25) is 4.68 Å². The summed E-state index contributed by atoms with van der Waals surface area (Å²) in [6.07, 6.45) is 2.63. The van der Waals surface area contributed by atoms with Crippen LogP contribution < -0.4 is 0 Å². The molecule has 0 amide bonds. The summed E-state index contributed by atoms with van der Waals surface area (Å²) in [6, 6.07) is 0. The van der Waals surface area contributed by atoms with Crippen LogP contribution in [0.5, 0.6) is 0 Å². The highest BCUT2D eigenvalue weighted by atomic mass is 35.7. The lowest BCUT2D eigenvalue weighted by Gasteiger charge is -1.95.